The Morgan fingerprint density at radius 3 is 0.625 bits per heavy atom. The second-order valence-electron chi connectivity index (χ2n) is 7.46. The van der Waals surface area contributed by atoms with Crippen molar-refractivity contribution in [3.8, 4) is 0 Å². The van der Waals surface area contributed by atoms with Gasteiger partial charge in [0.25, 0.3) is 0 Å². The van der Waals surface area contributed by atoms with E-state index in [1.807, 2.05) is 0 Å². The first kappa shape index (κ1) is 29.1. The first-order valence-electron chi connectivity index (χ1n) is 10.1. The zero-order valence-electron chi connectivity index (χ0n) is 18.9. The summed E-state index contributed by atoms with van der Waals surface area (Å²) >= 11 is -0.367. The molecule has 0 aliphatic rings. The predicted octanol–water partition coefficient (Wildman–Crippen LogP) is 4.76. The van der Waals surface area contributed by atoms with Crippen LogP contribution in [0.2, 0.25) is 0 Å². The van der Waals surface area contributed by atoms with Gasteiger partial charge >= 0.3 is 203 Å². The predicted molar refractivity (Wildman–Crippen MR) is 149 cm³/mol. The van der Waals surface area contributed by atoms with Gasteiger partial charge in [-0.2, -0.15) is 0 Å². The fraction of sp³-hybridized carbons (Fsp3) is 0.143. The summed E-state index contributed by atoms with van der Waals surface area (Å²) < 4.78 is 6.04. The van der Waals surface area contributed by atoms with Crippen LogP contribution >= 0.6 is 24.8 Å². The van der Waals surface area contributed by atoms with E-state index in [4.69, 9.17) is 0 Å². The van der Waals surface area contributed by atoms with Crippen molar-refractivity contribution in [2.24, 2.45) is 0 Å². The van der Waals surface area contributed by atoms with E-state index in [0.717, 1.165) is 0 Å². The summed E-state index contributed by atoms with van der Waals surface area (Å²) in [5.41, 5.74) is 5.37. The van der Waals surface area contributed by atoms with E-state index in [-0.39, 0.29) is 66.7 Å². The molecule has 0 fully saturated rings. The van der Waals surface area contributed by atoms with Crippen molar-refractivity contribution in [2.75, 3.05) is 0 Å². The first-order valence-corrected chi connectivity index (χ1v) is 14.8. The fourth-order valence-electron chi connectivity index (χ4n) is 2.70. The summed E-state index contributed by atoms with van der Waals surface area (Å²) in [6, 6.07) is 35.7. The van der Waals surface area contributed by atoms with Crippen LogP contribution in [0.15, 0.2) is 97.1 Å². The molecule has 0 aromatic heterocycles. The summed E-state index contributed by atoms with van der Waals surface area (Å²) in [5, 5.41) is 0. The number of hydrogen-bond acceptors (Lipinski definition) is 0. The molecule has 0 spiro atoms. The first-order chi connectivity index (χ1) is 14.5. The molecular formula is C28H30Cl2Te2. The molecule has 0 amide bonds. The van der Waals surface area contributed by atoms with Gasteiger partial charge in [-0.1, -0.05) is 0 Å². The van der Waals surface area contributed by atoms with Crippen molar-refractivity contribution in [2.45, 2.75) is 27.7 Å². The molecule has 4 rings (SSSR count). The number of hydrogen-bond donors (Lipinski definition) is 0. The average Bonchev–Trinajstić information content (AvgIpc) is 2.75. The van der Waals surface area contributed by atoms with Gasteiger partial charge in [-0.25, -0.2) is 0 Å². The molecule has 0 saturated heterocycles. The van der Waals surface area contributed by atoms with Crippen LogP contribution in [0, 0.1) is 27.7 Å². The minimum Gasteiger partial charge on any atom is -0.147 e. The summed E-state index contributed by atoms with van der Waals surface area (Å²) in [6.45, 7) is 8.54. The number of halogens is 2. The van der Waals surface area contributed by atoms with Crippen molar-refractivity contribution in [1.29, 1.82) is 0 Å². The van der Waals surface area contributed by atoms with Crippen molar-refractivity contribution in [1.82, 2.24) is 0 Å². The van der Waals surface area contributed by atoms with Crippen LogP contribution < -0.4 is 14.4 Å². The largest absolute Gasteiger partial charge is 0.147 e. The van der Waals surface area contributed by atoms with E-state index in [1.165, 1.54) is 36.7 Å². The molecule has 0 N–H and O–H groups in total. The molecular weight excluding hydrogens is 662 g/mol. The maximum atomic E-state index is 2.26. The van der Waals surface area contributed by atoms with Crippen molar-refractivity contribution < 1.29 is 0 Å². The molecule has 0 aliphatic heterocycles. The third-order valence-corrected chi connectivity index (χ3v) is 10.4. The number of aryl methyl sites for hydroxylation is 4. The van der Waals surface area contributed by atoms with Crippen LogP contribution in [0.5, 0.6) is 0 Å². The molecule has 4 aromatic carbocycles. The van der Waals surface area contributed by atoms with E-state index < -0.39 is 0 Å². The van der Waals surface area contributed by atoms with Crippen LogP contribution in [0.25, 0.3) is 0 Å². The molecule has 0 unspecified atom stereocenters. The summed E-state index contributed by atoms with van der Waals surface area (Å²) in [7, 11) is 0. The summed E-state index contributed by atoms with van der Waals surface area (Å²) in [4.78, 5) is 0. The standard InChI is InChI=1S/2C14H14Te.2ClH/c2*1-11-3-7-13(8-4-11)15-14-9-5-12(2)6-10-14;;/h2*3-10H,1-2H3;2*1H. The Balaban J connectivity index is 0.000000301. The van der Waals surface area contributed by atoms with Crippen LogP contribution in [0.1, 0.15) is 22.3 Å². The molecule has 4 aromatic rings. The zero-order valence-corrected chi connectivity index (χ0v) is 25.2. The van der Waals surface area contributed by atoms with Crippen molar-refractivity contribution >= 4 is 81.1 Å². The average molecular weight is 693 g/mol. The van der Waals surface area contributed by atoms with Gasteiger partial charge in [-0.3, -0.25) is 0 Å². The SMILES string of the molecule is Cc1ccc([Te]c2ccc(C)cc2)cc1.Cc1ccc([Te]c2ccc(C)cc2)cc1.Cl.Cl. The molecule has 4 heteroatoms. The molecule has 0 atom stereocenters. The van der Waals surface area contributed by atoms with Crippen molar-refractivity contribution in [3.63, 3.8) is 0 Å². The molecule has 32 heavy (non-hydrogen) atoms. The van der Waals surface area contributed by atoms with Gasteiger partial charge in [0.05, 0.1) is 0 Å². The van der Waals surface area contributed by atoms with E-state index in [9.17, 15) is 0 Å². The van der Waals surface area contributed by atoms with Gasteiger partial charge in [0.1, 0.15) is 0 Å². The second kappa shape index (κ2) is 15.0. The van der Waals surface area contributed by atoms with Gasteiger partial charge in [0.15, 0.2) is 0 Å². The van der Waals surface area contributed by atoms with Gasteiger partial charge in [0, 0.05) is 0 Å². The van der Waals surface area contributed by atoms with Crippen LogP contribution in [0.3, 0.4) is 0 Å². The maximum Gasteiger partial charge on any atom is -0.147 e. The molecule has 0 aliphatic carbocycles. The van der Waals surface area contributed by atoms with Gasteiger partial charge in [-0.05, 0) is 0 Å². The molecule has 0 saturated carbocycles. The Morgan fingerprint density at radius 2 is 0.469 bits per heavy atom. The molecule has 0 heterocycles. The van der Waals surface area contributed by atoms with Crippen molar-refractivity contribution in [3.05, 3.63) is 119 Å². The topological polar surface area (TPSA) is 0 Å². The summed E-state index contributed by atoms with van der Waals surface area (Å²) in [5.74, 6) is 0. The second-order valence-corrected chi connectivity index (χ2v) is 14.0. The molecule has 0 bridgehead atoms. The Bertz CT molecular complexity index is 865. The Labute approximate surface area is 226 Å². The molecule has 0 nitrogen and oxygen atoms in total. The Morgan fingerprint density at radius 1 is 0.312 bits per heavy atom. The Kier molecular flexibility index (Phi) is 13.7. The van der Waals surface area contributed by atoms with E-state index >= 15 is 0 Å². The Hall–Kier alpha value is -0.961. The smallest absolute Gasteiger partial charge is 0.147 e. The third-order valence-electron chi connectivity index (χ3n) is 4.56. The fourth-order valence-corrected chi connectivity index (χ4v) is 7.36. The van der Waals surface area contributed by atoms with E-state index in [0.29, 0.717) is 0 Å². The quantitative estimate of drug-likeness (QED) is 0.271. The van der Waals surface area contributed by atoms with Gasteiger partial charge in [0.2, 0.25) is 0 Å². The minimum atomic E-state index is -0.183. The molecule has 168 valence electrons. The number of rotatable bonds is 4. The monoisotopic (exact) mass is 696 g/mol. The normalized spacial score (nSPS) is 9.62. The molecule has 0 radical (unpaired) electrons. The zero-order chi connectivity index (χ0) is 21.3. The van der Waals surface area contributed by atoms with E-state index in [2.05, 4.69) is 125 Å². The number of benzene rings is 4. The van der Waals surface area contributed by atoms with Gasteiger partial charge < -0.3 is 0 Å². The maximum absolute atomic E-state index is 2.26. The minimum absolute atomic E-state index is 0. The van der Waals surface area contributed by atoms with Crippen LogP contribution in [-0.2, 0) is 0 Å². The van der Waals surface area contributed by atoms with Crippen LogP contribution in [-0.4, -0.2) is 41.8 Å². The van der Waals surface area contributed by atoms with Gasteiger partial charge in [-0.15, -0.1) is 24.8 Å². The summed E-state index contributed by atoms with van der Waals surface area (Å²) in [6.07, 6.45) is 0. The van der Waals surface area contributed by atoms with E-state index in [1.54, 1.807) is 0 Å². The van der Waals surface area contributed by atoms with Crippen LogP contribution in [0.4, 0.5) is 0 Å². The third kappa shape index (κ3) is 10.3.